The second kappa shape index (κ2) is 6.42. The molecule has 10 heteroatoms. The molecule has 1 aromatic carbocycles. The molecule has 2 aromatic rings. The van der Waals surface area contributed by atoms with E-state index in [4.69, 9.17) is 9.15 Å². The molecular formula is C23H21F4N3O3. The van der Waals surface area contributed by atoms with Crippen LogP contribution < -0.4 is 15.0 Å². The van der Waals surface area contributed by atoms with Gasteiger partial charge in [0.2, 0.25) is 0 Å². The van der Waals surface area contributed by atoms with Crippen molar-refractivity contribution >= 4 is 17.6 Å². The lowest BCUT2D eigenvalue weighted by Gasteiger charge is -2.16. The van der Waals surface area contributed by atoms with Crippen molar-refractivity contribution in [1.29, 1.82) is 0 Å². The van der Waals surface area contributed by atoms with Crippen molar-refractivity contribution in [3.8, 4) is 5.75 Å². The van der Waals surface area contributed by atoms with Crippen molar-refractivity contribution < 1.29 is 31.5 Å². The zero-order valence-electron chi connectivity index (χ0n) is 17.4. The van der Waals surface area contributed by atoms with Gasteiger partial charge in [-0.3, -0.25) is 4.79 Å². The van der Waals surface area contributed by atoms with Crippen LogP contribution in [0.4, 0.5) is 29.3 Å². The molecule has 2 aliphatic heterocycles. The van der Waals surface area contributed by atoms with Gasteiger partial charge in [-0.15, -0.1) is 0 Å². The van der Waals surface area contributed by atoms with Gasteiger partial charge < -0.3 is 19.4 Å². The normalized spacial score (nSPS) is 34.7. The molecule has 4 unspecified atom stereocenters. The molecule has 6 aliphatic rings. The third-order valence-electron chi connectivity index (χ3n) is 7.90. The number of fused-ring (bicyclic) bond motifs is 2. The van der Waals surface area contributed by atoms with Crippen LogP contribution >= 0.6 is 0 Å². The fourth-order valence-corrected chi connectivity index (χ4v) is 6.09. The second-order valence-corrected chi connectivity index (χ2v) is 10.1. The smallest absolute Gasteiger partial charge is 0.396 e. The highest BCUT2D eigenvalue weighted by atomic mass is 19.4. The number of piperidine rings is 1. The Morgan fingerprint density at radius 2 is 1.97 bits per heavy atom. The summed E-state index contributed by atoms with van der Waals surface area (Å²) in [6.45, 7) is 0.697. The summed E-state index contributed by atoms with van der Waals surface area (Å²) in [7, 11) is 0. The standard InChI is InChI=1S/C23H21F4N3O3/c24-14-6-11(1-2-15(14)32-12-4-9-3-10(9)5-12)28-21(31)19-16(7-23(25,26)27)33-22(29-19)30-8-13-17-18(13)20(17)30/h1-2,6,9-10,12-13,17-18,20H,3-5,7-8H2,(H,28,31). The Bertz CT molecular complexity index is 1140. The Kier molecular flexibility index (Phi) is 3.82. The number of rotatable bonds is 6. The number of nitrogens with zero attached hydrogens (tertiary/aromatic N) is 2. The molecule has 174 valence electrons. The Balaban J connectivity index is 1.08. The number of halogens is 4. The number of carbonyl (C=O) groups is 1. The van der Waals surface area contributed by atoms with Gasteiger partial charge in [0.15, 0.2) is 17.3 Å². The van der Waals surface area contributed by atoms with Crippen LogP contribution in [0.1, 0.15) is 35.5 Å². The number of hydrogen-bond acceptors (Lipinski definition) is 5. The van der Waals surface area contributed by atoms with Crippen LogP contribution in [0.3, 0.4) is 0 Å². The lowest BCUT2D eigenvalue weighted by atomic mass is 10.2. The van der Waals surface area contributed by atoms with Gasteiger partial charge in [0.05, 0.1) is 6.10 Å². The lowest BCUT2D eigenvalue weighted by Crippen LogP contribution is -2.21. The summed E-state index contributed by atoms with van der Waals surface area (Å²) < 4.78 is 65.0. The average Bonchev–Trinajstić information content (AvgIpc) is 3.61. The largest absolute Gasteiger partial charge is 0.487 e. The quantitative estimate of drug-likeness (QED) is 0.643. The molecular weight excluding hydrogens is 442 g/mol. The van der Waals surface area contributed by atoms with Gasteiger partial charge in [0.25, 0.3) is 11.9 Å². The van der Waals surface area contributed by atoms with Crippen molar-refractivity contribution in [3.05, 3.63) is 35.5 Å². The fourth-order valence-electron chi connectivity index (χ4n) is 6.09. The van der Waals surface area contributed by atoms with E-state index in [1.807, 2.05) is 4.90 Å². The average molecular weight is 463 g/mol. The molecule has 1 amide bonds. The van der Waals surface area contributed by atoms with Gasteiger partial charge in [-0.25, -0.2) is 4.39 Å². The van der Waals surface area contributed by atoms with Crippen LogP contribution in [-0.4, -0.2) is 35.8 Å². The van der Waals surface area contributed by atoms with E-state index in [2.05, 4.69) is 10.3 Å². The lowest BCUT2D eigenvalue weighted by molar-refractivity contribution is -0.130. The monoisotopic (exact) mass is 463 g/mol. The molecule has 4 aliphatic carbocycles. The molecule has 33 heavy (non-hydrogen) atoms. The fraction of sp³-hybridized carbons (Fsp3) is 0.565. The zero-order valence-corrected chi connectivity index (χ0v) is 17.4. The predicted molar refractivity (Wildman–Crippen MR) is 107 cm³/mol. The summed E-state index contributed by atoms with van der Waals surface area (Å²) in [5, 5.41) is 2.45. The maximum absolute atomic E-state index is 14.6. The maximum Gasteiger partial charge on any atom is 0.396 e. The molecule has 1 aromatic heterocycles. The first-order valence-electron chi connectivity index (χ1n) is 11.4. The first-order valence-corrected chi connectivity index (χ1v) is 11.4. The number of aromatic nitrogens is 1. The minimum Gasteiger partial charge on any atom is -0.487 e. The van der Waals surface area contributed by atoms with Gasteiger partial charge in [-0.2, -0.15) is 18.2 Å². The van der Waals surface area contributed by atoms with E-state index >= 15 is 0 Å². The molecule has 0 radical (unpaired) electrons. The summed E-state index contributed by atoms with van der Waals surface area (Å²) in [5.41, 5.74) is -0.318. The number of benzene rings is 1. The first-order chi connectivity index (χ1) is 15.7. The van der Waals surface area contributed by atoms with Crippen LogP contribution in [0, 0.1) is 35.4 Å². The predicted octanol–water partition coefficient (Wildman–Crippen LogP) is 4.41. The number of ether oxygens (including phenoxy) is 1. The van der Waals surface area contributed by atoms with Crippen LogP contribution in [0.25, 0.3) is 0 Å². The molecule has 2 bridgehead atoms. The first kappa shape index (κ1) is 19.7. The highest BCUT2D eigenvalue weighted by Gasteiger charge is 2.81. The van der Waals surface area contributed by atoms with Gasteiger partial charge in [0.1, 0.15) is 12.2 Å². The summed E-state index contributed by atoms with van der Waals surface area (Å²) in [5.74, 6) is 1.23. The minimum atomic E-state index is -4.56. The van der Waals surface area contributed by atoms with Crippen molar-refractivity contribution in [3.63, 3.8) is 0 Å². The molecule has 0 spiro atoms. The Hall–Kier alpha value is -2.78. The molecule has 3 heterocycles. The van der Waals surface area contributed by atoms with Gasteiger partial charge >= 0.3 is 6.18 Å². The number of nitrogens with one attached hydrogen (secondary N) is 1. The topological polar surface area (TPSA) is 67.6 Å². The zero-order chi connectivity index (χ0) is 22.6. The maximum atomic E-state index is 14.6. The van der Waals surface area contributed by atoms with Crippen LogP contribution in [-0.2, 0) is 6.42 Å². The summed E-state index contributed by atoms with van der Waals surface area (Å²) >= 11 is 0. The van der Waals surface area contributed by atoms with Crippen molar-refractivity contribution in [1.82, 2.24) is 4.98 Å². The summed E-state index contributed by atoms with van der Waals surface area (Å²) in [6, 6.07) is 4.33. The number of oxazole rings is 1. The van der Waals surface area contributed by atoms with E-state index in [0.29, 0.717) is 36.1 Å². The van der Waals surface area contributed by atoms with E-state index < -0.39 is 35.8 Å². The van der Waals surface area contributed by atoms with E-state index in [1.54, 1.807) is 0 Å². The van der Waals surface area contributed by atoms with Gasteiger partial charge in [-0.1, -0.05) is 0 Å². The number of anilines is 2. The number of hydrogen-bond donors (Lipinski definition) is 1. The van der Waals surface area contributed by atoms with Crippen molar-refractivity contribution in [2.75, 3.05) is 16.8 Å². The Labute approximate surface area is 186 Å². The van der Waals surface area contributed by atoms with E-state index in [-0.39, 0.29) is 29.6 Å². The molecule has 4 atom stereocenters. The molecule has 4 saturated carbocycles. The van der Waals surface area contributed by atoms with E-state index in [1.165, 1.54) is 18.6 Å². The molecule has 6 fully saturated rings. The highest BCUT2D eigenvalue weighted by molar-refractivity contribution is 6.03. The van der Waals surface area contributed by atoms with Gasteiger partial charge in [-0.05, 0) is 61.0 Å². The summed E-state index contributed by atoms with van der Waals surface area (Å²) in [6.07, 6.45) is -2.87. The second-order valence-electron chi connectivity index (χ2n) is 10.1. The van der Waals surface area contributed by atoms with Crippen molar-refractivity contribution in [2.24, 2.45) is 29.6 Å². The Morgan fingerprint density at radius 1 is 1.21 bits per heavy atom. The van der Waals surface area contributed by atoms with Crippen molar-refractivity contribution in [2.45, 2.75) is 44.0 Å². The Morgan fingerprint density at radius 3 is 2.61 bits per heavy atom. The molecule has 6 nitrogen and oxygen atoms in total. The van der Waals surface area contributed by atoms with E-state index in [9.17, 15) is 22.4 Å². The number of carbonyl (C=O) groups excluding carboxylic acids is 1. The number of amides is 1. The minimum absolute atomic E-state index is 0.000610. The van der Waals surface area contributed by atoms with E-state index in [0.717, 1.165) is 18.9 Å². The molecule has 2 saturated heterocycles. The van der Waals surface area contributed by atoms with Crippen LogP contribution in [0.5, 0.6) is 5.75 Å². The number of alkyl halides is 3. The van der Waals surface area contributed by atoms with Gasteiger partial charge in [0, 0.05) is 24.3 Å². The third kappa shape index (κ3) is 3.28. The SMILES string of the molecule is O=C(Nc1ccc(OC2CC3CC3C2)c(F)c1)c1nc(N2CC3C4C3C42)oc1CC(F)(F)F. The molecule has 8 rings (SSSR count). The summed E-state index contributed by atoms with van der Waals surface area (Å²) in [4.78, 5) is 18.8. The third-order valence-corrected chi connectivity index (χ3v) is 7.90. The van der Waals surface area contributed by atoms with Crippen LogP contribution in [0.2, 0.25) is 0 Å². The van der Waals surface area contributed by atoms with Crippen LogP contribution in [0.15, 0.2) is 22.6 Å². The molecule has 1 N–H and O–H groups in total. The highest BCUT2D eigenvalue weighted by Crippen LogP contribution is 2.75.